The topological polar surface area (TPSA) is 9.23 Å². The molecule has 0 aliphatic carbocycles. The first-order valence-electron chi connectivity index (χ1n) is 5.61. The number of hydrogen-bond donors (Lipinski definition) is 0. The van der Waals surface area contributed by atoms with E-state index in [9.17, 15) is 8.78 Å². The zero-order chi connectivity index (χ0) is 14.1. The smallest absolute Gasteiger partial charge is 0.312 e. The molecule has 0 saturated carbocycles. The van der Waals surface area contributed by atoms with E-state index in [0.29, 0.717) is 0 Å². The molecule has 0 fully saturated rings. The van der Waals surface area contributed by atoms with Crippen LogP contribution in [-0.2, 0) is 4.65 Å². The second-order valence-corrected chi connectivity index (χ2v) is 7.23. The highest BCUT2D eigenvalue weighted by Crippen LogP contribution is 2.33. The van der Waals surface area contributed by atoms with Gasteiger partial charge in [-0.05, 0) is 31.4 Å². The zero-order valence-corrected chi connectivity index (χ0v) is 12.9. The Labute approximate surface area is 115 Å². The van der Waals surface area contributed by atoms with Crippen LogP contribution >= 0.6 is 20.8 Å². The van der Waals surface area contributed by atoms with Crippen molar-refractivity contribution < 1.29 is 13.4 Å². The van der Waals surface area contributed by atoms with Crippen molar-refractivity contribution >= 4 is 33.8 Å². The quantitative estimate of drug-likeness (QED) is 0.471. The van der Waals surface area contributed by atoms with Crippen molar-refractivity contribution in [3.05, 3.63) is 28.8 Å². The van der Waals surface area contributed by atoms with Crippen molar-refractivity contribution in [2.24, 2.45) is 0 Å². The van der Waals surface area contributed by atoms with Crippen molar-refractivity contribution in [1.82, 2.24) is 0 Å². The first-order chi connectivity index (χ1) is 8.04. The summed E-state index contributed by atoms with van der Waals surface area (Å²) in [5.41, 5.74) is -0.320. The predicted molar refractivity (Wildman–Crippen MR) is 77.1 cm³/mol. The van der Waals surface area contributed by atoms with Gasteiger partial charge in [-0.1, -0.05) is 25.4 Å². The Hall–Kier alpha value is -0.175. The van der Waals surface area contributed by atoms with Crippen LogP contribution < -0.4 is 5.46 Å². The molecule has 0 N–H and O–H groups in total. The maximum atomic E-state index is 13.6. The average Bonchev–Trinajstić information content (AvgIpc) is 2.20. The van der Waals surface area contributed by atoms with Gasteiger partial charge >= 0.3 is 7.48 Å². The molecule has 1 aromatic carbocycles. The zero-order valence-electron chi connectivity index (χ0n) is 11.0. The van der Waals surface area contributed by atoms with Gasteiger partial charge in [0.05, 0.1) is 10.6 Å². The molecule has 0 saturated heterocycles. The first-order valence-corrected chi connectivity index (χ1v) is 6.56. The normalized spacial score (nSPS) is 12.7. The van der Waals surface area contributed by atoms with E-state index in [0.717, 1.165) is 12.1 Å². The van der Waals surface area contributed by atoms with Crippen LogP contribution in [-0.4, -0.2) is 18.2 Å². The van der Waals surface area contributed by atoms with Gasteiger partial charge in [-0.2, -0.15) is 0 Å². The molecule has 1 nitrogen and oxygen atoms in total. The summed E-state index contributed by atoms with van der Waals surface area (Å²) in [6.07, 6.45) is 0. The fourth-order valence-corrected chi connectivity index (χ4v) is 1.35. The van der Waals surface area contributed by atoms with Gasteiger partial charge < -0.3 is 4.65 Å². The Morgan fingerprint density at radius 3 is 2.22 bits per heavy atom. The Balaban J connectivity index is 2.85. The standard InChI is InChI=1S/C12H17BClF2OP/c1-11(2,12(3,4)18)17-13-7-5-10(16)8(14)6-9(7)15/h5-6,13H,18H2,1-4H3. The van der Waals surface area contributed by atoms with E-state index in [2.05, 4.69) is 9.24 Å². The molecule has 0 amide bonds. The summed E-state index contributed by atoms with van der Waals surface area (Å²) >= 11 is 5.49. The maximum Gasteiger partial charge on any atom is 0.312 e. The minimum absolute atomic E-state index is 0.00471. The monoisotopic (exact) mass is 292 g/mol. The molecule has 1 atom stereocenters. The molecule has 0 aliphatic heterocycles. The van der Waals surface area contributed by atoms with E-state index in [-0.39, 0.29) is 23.1 Å². The van der Waals surface area contributed by atoms with E-state index >= 15 is 0 Å². The molecular formula is C12H17BClF2OP. The van der Waals surface area contributed by atoms with Crippen LogP contribution in [0.5, 0.6) is 0 Å². The maximum absolute atomic E-state index is 13.6. The van der Waals surface area contributed by atoms with Crippen LogP contribution in [0.25, 0.3) is 0 Å². The Kier molecular flexibility index (Phi) is 4.80. The second kappa shape index (κ2) is 5.44. The van der Waals surface area contributed by atoms with Crippen molar-refractivity contribution in [3.63, 3.8) is 0 Å². The van der Waals surface area contributed by atoms with Gasteiger partial charge in [0, 0.05) is 5.16 Å². The Bertz CT molecular complexity index is 446. The minimum atomic E-state index is -0.639. The van der Waals surface area contributed by atoms with Gasteiger partial charge in [-0.3, -0.25) is 0 Å². The Morgan fingerprint density at radius 1 is 1.17 bits per heavy atom. The highest BCUT2D eigenvalue weighted by Gasteiger charge is 2.33. The molecule has 0 heterocycles. The van der Waals surface area contributed by atoms with Gasteiger partial charge in [0.15, 0.2) is 0 Å². The largest absolute Gasteiger partial charge is 0.429 e. The number of benzene rings is 1. The molecule has 18 heavy (non-hydrogen) atoms. The van der Waals surface area contributed by atoms with Crippen LogP contribution in [0.2, 0.25) is 5.02 Å². The van der Waals surface area contributed by atoms with Crippen molar-refractivity contribution in [3.8, 4) is 0 Å². The molecule has 1 aromatic rings. The van der Waals surface area contributed by atoms with Gasteiger partial charge in [0.1, 0.15) is 11.6 Å². The summed E-state index contributed by atoms with van der Waals surface area (Å²) < 4.78 is 32.5. The minimum Gasteiger partial charge on any atom is -0.429 e. The molecule has 0 aliphatic rings. The number of rotatable bonds is 4. The summed E-state index contributed by atoms with van der Waals surface area (Å²) in [6.45, 7) is 7.81. The highest BCUT2D eigenvalue weighted by atomic mass is 35.5. The molecule has 0 radical (unpaired) electrons. The third kappa shape index (κ3) is 3.66. The van der Waals surface area contributed by atoms with E-state index in [1.165, 1.54) is 0 Å². The van der Waals surface area contributed by atoms with E-state index in [4.69, 9.17) is 16.3 Å². The number of halogens is 3. The van der Waals surface area contributed by atoms with E-state index in [1.807, 2.05) is 27.7 Å². The van der Waals surface area contributed by atoms with Crippen LogP contribution in [0.3, 0.4) is 0 Å². The predicted octanol–water partition coefficient (Wildman–Crippen LogP) is 3.04. The van der Waals surface area contributed by atoms with Crippen molar-refractivity contribution in [2.75, 3.05) is 0 Å². The fraction of sp³-hybridized carbons (Fsp3) is 0.500. The summed E-state index contributed by atoms with van der Waals surface area (Å²) in [5.74, 6) is -1.20. The number of hydrogen-bond acceptors (Lipinski definition) is 1. The lowest BCUT2D eigenvalue weighted by Crippen LogP contribution is -2.45. The van der Waals surface area contributed by atoms with Crippen LogP contribution in [0.4, 0.5) is 8.78 Å². The van der Waals surface area contributed by atoms with Gasteiger partial charge in [0.25, 0.3) is 0 Å². The van der Waals surface area contributed by atoms with Gasteiger partial charge in [-0.15, -0.1) is 9.24 Å². The van der Waals surface area contributed by atoms with Crippen LogP contribution in [0, 0.1) is 11.6 Å². The van der Waals surface area contributed by atoms with Crippen LogP contribution in [0.1, 0.15) is 27.7 Å². The Morgan fingerprint density at radius 2 is 1.72 bits per heavy atom. The molecule has 1 unspecified atom stereocenters. The summed E-state index contributed by atoms with van der Waals surface area (Å²) in [4.78, 5) is 0. The molecule has 100 valence electrons. The molecular weight excluding hydrogens is 275 g/mol. The molecule has 6 heteroatoms. The summed E-state index contributed by atoms with van der Waals surface area (Å²) in [7, 11) is 2.69. The third-order valence-corrected chi connectivity index (χ3v) is 4.21. The molecule has 0 bridgehead atoms. The highest BCUT2D eigenvalue weighted by molar-refractivity contribution is 7.19. The summed E-state index contributed by atoms with van der Waals surface area (Å²) in [6, 6.07) is 2.04. The lowest BCUT2D eigenvalue weighted by atomic mass is 9.83. The lowest BCUT2D eigenvalue weighted by molar-refractivity contribution is 0.0839. The molecule has 0 aromatic heterocycles. The van der Waals surface area contributed by atoms with Crippen molar-refractivity contribution in [2.45, 2.75) is 38.5 Å². The van der Waals surface area contributed by atoms with Crippen molar-refractivity contribution in [1.29, 1.82) is 0 Å². The van der Waals surface area contributed by atoms with Gasteiger partial charge in [-0.25, -0.2) is 8.78 Å². The second-order valence-electron chi connectivity index (χ2n) is 5.38. The SMILES string of the molecule is CC(C)(P)C(C)(C)OBc1cc(F)c(Cl)cc1F. The van der Waals surface area contributed by atoms with E-state index < -0.39 is 17.2 Å². The fourth-order valence-electron chi connectivity index (χ4n) is 1.12. The third-order valence-electron chi connectivity index (χ3n) is 3.23. The summed E-state index contributed by atoms with van der Waals surface area (Å²) in [5, 5.41) is -0.407. The molecule has 0 spiro atoms. The lowest BCUT2D eigenvalue weighted by Gasteiger charge is -2.39. The van der Waals surface area contributed by atoms with Crippen LogP contribution in [0.15, 0.2) is 12.1 Å². The van der Waals surface area contributed by atoms with E-state index in [1.54, 1.807) is 0 Å². The average molecular weight is 293 g/mol. The molecule has 1 rings (SSSR count). The van der Waals surface area contributed by atoms with Gasteiger partial charge in [0.2, 0.25) is 0 Å². The first kappa shape index (κ1) is 15.9.